The first-order valence-corrected chi connectivity index (χ1v) is 5.56. The minimum Gasteiger partial charge on any atom is -0.505 e. The van der Waals surface area contributed by atoms with Crippen LogP contribution in [-0.2, 0) is 4.79 Å². The van der Waals surface area contributed by atoms with Gasteiger partial charge in [-0.05, 0) is 12.0 Å². The van der Waals surface area contributed by atoms with Crippen molar-refractivity contribution in [3.8, 4) is 5.75 Å². The summed E-state index contributed by atoms with van der Waals surface area (Å²) >= 11 is 0. The smallest absolute Gasteiger partial charge is 0.323 e. The second-order valence-electron chi connectivity index (χ2n) is 4.37. The summed E-state index contributed by atoms with van der Waals surface area (Å²) in [6.45, 7) is 3.69. The van der Waals surface area contributed by atoms with Gasteiger partial charge in [-0.3, -0.25) is 14.6 Å². The van der Waals surface area contributed by atoms with Crippen molar-refractivity contribution in [2.45, 2.75) is 13.8 Å². The van der Waals surface area contributed by atoms with Gasteiger partial charge in [-0.1, -0.05) is 13.8 Å². The van der Waals surface area contributed by atoms with Gasteiger partial charge in [0, 0.05) is 12.7 Å². The molecule has 0 saturated carbocycles. The fourth-order valence-corrected chi connectivity index (χ4v) is 1.56. The number of carbonyl (C=O) groups excluding carboxylic acids is 1. The summed E-state index contributed by atoms with van der Waals surface area (Å²) in [6.07, 6.45) is 2.53. The quantitative estimate of drug-likeness (QED) is 0.814. The average molecular weight is 252 g/mol. The predicted octanol–water partition coefficient (Wildman–Crippen LogP) is 0.970. The topological polar surface area (TPSA) is 90.7 Å². The van der Waals surface area contributed by atoms with Gasteiger partial charge < -0.3 is 15.1 Å². The minimum atomic E-state index is -1.09. The largest absolute Gasteiger partial charge is 0.505 e. The first kappa shape index (κ1) is 14.0. The number of aromatic hydroxyl groups is 1. The highest BCUT2D eigenvalue weighted by molar-refractivity contribution is 5.98. The lowest BCUT2D eigenvalue weighted by Crippen LogP contribution is -2.38. The second kappa shape index (κ2) is 6.00. The molecule has 6 heteroatoms. The third-order valence-electron chi connectivity index (χ3n) is 2.23. The zero-order valence-corrected chi connectivity index (χ0v) is 10.3. The lowest BCUT2D eigenvalue weighted by molar-refractivity contribution is -0.137. The van der Waals surface area contributed by atoms with E-state index < -0.39 is 18.4 Å². The maximum Gasteiger partial charge on any atom is 0.323 e. The van der Waals surface area contributed by atoms with E-state index in [-0.39, 0.29) is 17.2 Å². The lowest BCUT2D eigenvalue weighted by atomic mass is 10.1. The lowest BCUT2D eigenvalue weighted by Gasteiger charge is -2.22. The molecule has 98 valence electrons. The van der Waals surface area contributed by atoms with Gasteiger partial charge in [0.2, 0.25) is 0 Å². The van der Waals surface area contributed by atoms with E-state index in [2.05, 4.69) is 4.98 Å². The van der Waals surface area contributed by atoms with Gasteiger partial charge >= 0.3 is 5.97 Å². The molecule has 0 atom stereocenters. The van der Waals surface area contributed by atoms with Crippen LogP contribution in [0.15, 0.2) is 18.5 Å². The molecule has 0 fully saturated rings. The molecule has 0 aromatic carbocycles. The molecule has 1 aromatic rings. The summed E-state index contributed by atoms with van der Waals surface area (Å²) in [6, 6.07) is 1.37. The Labute approximate surface area is 105 Å². The monoisotopic (exact) mass is 252 g/mol. The first-order valence-electron chi connectivity index (χ1n) is 5.56. The van der Waals surface area contributed by atoms with Crippen LogP contribution in [0.5, 0.6) is 5.75 Å². The number of nitrogens with zero attached hydrogens (tertiary/aromatic N) is 2. The van der Waals surface area contributed by atoms with Crippen LogP contribution in [-0.4, -0.2) is 45.1 Å². The molecule has 1 amide bonds. The Morgan fingerprint density at radius 3 is 2.61 bits per heavy atom. The number of hydrogen-bond acceptors (Lipinski definition) is 4. The fraction of sp³-hybridized carbons (Fsp3) is 0.417. The van der Waals surface area contributed by atoms with E-state index in [9.17, 15) is 14.7 Å². The number of aliphatic carboxylic acids is 1. The number of carbonyl (C=O) groups is 2. The zero-order valence-electron chi connectivity index (χ0n) is 10.3. The molecular weight excluding hydrogens is 236 g/mol. The Balaban J connectivity index is 2.95. The van der Waals surface area contributed by atoms with E-state index in [4.69, 9.17) is 5.11 Å². The Morgan fingerprint density at radius 1 is 1.44 bits per heavy atom. The molecule has 18 heavy (non-hydrogen) atoms. The van der Waals surface area contributed by atoms with Crippen molar-refractivity contribution in [1.29, 1.82) is 0 Å². The molecule has 0 bridgehead atoms. The van der Waals surface area contributed by atoms with Crippen molar-refractivity contribution in [2.24, 2.45) is 5.92 Å². The SMILES string of the molecule is CC(C)CN(CC(=O)O)C(=O)c1ccncc1O. The Hall–Kier alpha value is -2.11. The summed E-state index contributed by atoms with van der Waals surface area (Å²) in [7, 11) is 0. The highest BCUT2D eigenvalue weighted by atomic mass is 16.4. The van der Waals surface area contributed by atoms with Gasteiger partial charge in [-0.15, -0.1) is 0 Å². The summed E-state index contributed by atoms with van der Waals surface area (Å²) in [5, 5.41) is 18.3. The number of pyridine rings is 1. The van der Waals surface area contributed by atoms with Gasteiger partial charge in [-0.2, -0.15) is 0 Å². The van der Waals surface area contributed by atoms with E-state index in [1.807, 2.05) is 13.8 Å². The molecule has 0 saturated heterocycles. The fourth-order valence-electron chi connectivity index (χ4n) is 1.56. The molecule has 2 N–H and O–H groups in total. The average Bonchev–Trinajstić information content (AvgIpc) is 2.26. The van der Waals surface area contributed by atoms with Crippen LogP contribution < -0.4 is 0 Å². The standard InChI is InChI=1S/C12H16N2O4/c1-8(2)6-14(7-11(16)17)12(18)9-3-4-13-5-10(9)15/h3-5,8,15H,6-7H2,1-2H3,(H,16,17). The first-order chi connectivity index (χ1) is 8.41. The number of carboxylic acid groups (broad SMARTS) is 1. The number of rotatable bonds is 5. The highest BCUT2D eigenvalue weighted by Gasteiger charge is 2.21. The summed E-state index contributed by atoms with van der Waals surface area (Å²) in [4.78, 5) is 27.7. The van der Waals surface area contributed by atoms with Crippen molar-refractivity contribution in [2.75, 3.05) is 13.1 Å². The van der Waals surface area contributed by atoms with Crippen LogP contribution >= 0.6 is 0 Å². The van der Waals surface area contributed by atoms with E-state index in [0.29, 0.717) is 6.54 Å². The van der Waals surface area contributed by atoms with E-state index >= 15 is 0 Å². The van der Waals surface area contributed by atoms with Crippen molar-refractivity contribution >= 4 is 11.9 Å². The molecule has 0 aliphatic heterocycles. The van der Waals surface area contributed by atoms with E-state index in [1.165, 1.54) is 17.2 Å². The van der Waals surface area contributed by atoms with Crippen molar-refractivity contribution in [1.82, 2.24) is 9.88 Å². The number of carboxylic acids is 1. The molecule has 0 aliphatic rings. The molecular formula is C12H16N2O4. The molecule has 0 radical (unpaired) electrons. The normalized spacial score (nSPS) is 10.4. The molecule has 6 nitrogen and oxygen atoms in total. The van der Waals surface area contributed by atoms with Gasteiger partial charge in [0.25, 0.3) is 5.91 Å². The summed E-state index contributed by atoms with van der Waals surface area (Å²) in [5.74, 6) is -1.71. The van der Waals surface area contributed by atoms with Gasteiger partial charge in [0.05, 0.1) is 11.8 Å². The van der Waals surface area contributed by atoms with Crippen LogP contribution in [0, 0.1) is 5.92 Å². The van der Waals surface area contributed by atoms with Crippen LogP contribution in [0.4, 0.5) is 0 Å². The molecule has 1 rings (SSSR count). The zero-order chi connectivity index (χ0) is 13.7. The van der Waals surface area contributed by atoms with Gasteiger partial charge in [0.15, 0.2) is 0 Å². The van der Waals surface area contributed by atoms with Gasteiger partial charge in [0.1, 0.15) is 12.3 Å². The van der Waals surface area contributed by atoms with E-state index in [0.717, 1.165) is 6.20 Å². The Morgan fingerprint density at radius 2 is 2.11 bits per heavy atom. The minimum absolute atomic E-state index is 0.0619. The highest BCUT2D eigenvalue weighted by Crippen LogP contribution is 2.17. The Kier molecular flexibility index (Phi) is 4.65. The summed E-state index contributed by atoms with van der Waals surface area (Å²) in [5.41, 5.74) is 0.0619. The van der Waals surface area contributed by atoms with Crippen molar-refractivity contribution in [3.05, 3.63) is 24.0 Å². The van der Waals surface area contributed by atoms with Crippen LogP contribution in [0.2, 0.25) is 0 Å². The third kappa shape index (κ3) is 3.73. The van der Waals surface area contributed by atoms with Crippen molar-refractivity contribution < 1.29 is 19.8 Å². The van der Waals surface area contributed by atoms with Gasteiger partial charge in [-0.25, -0.2) is 0 Å². The Bertz CT molecular complexity index is 445. The summed E-state index contributed by atoms with van der Waals surface area (Å²) < 4.78 is 0. The molecule has 1 aromatic heterocycles. The maximum atomic E-state index is 12.1. The number of amides is 1. The van der Waals surface area contributed by atoms with Crippen LogP contribution in [0.3, 0.4) is 0 Å². The van der Waals surface area contributed by atoms with Crippen LogP contribution in [0.1, 0.15) is 24.2 Å². The van der Waals surface area contributed by atoms with Crippen molar-refractivity contribution in [3.63, 3.8) is 0 Å². The maximum absolute atomic E-state index is 12.1. The predicted molar refractivity (Wildman–Crippen MR) is 64.3 cm³/mol. The van der Waals surface area contributed by atoms with E-state index in [1.54, 1.807) is 0 Å². The third-order valence-corrected chi connectivity index (χ3v) is 2.23. The molecule has 0 aliphatic carbocycles. The molecule has 0 spiro atoms. The molecule has 1 heterocycles. The number of aromatic nitrogens is 1. The molecule has 0 unspecified atom stereocenters. The second-order valence-corrected chi connectivity index (χ2v) is 4.37. The number of hydrogen-bond donors (Lipinski definition) is 2. The van der Waals surface area contributed by atoms with Crippen LogP contribution in [0.25, 0.3) is 0 Å².